The number of carbonyl (C=O) groups is 1. The first-order valence-corrected chi connectivity index (χ1v) is 8.35. The maximum atomic E-state index is 12.4. The lowest BCUT2D eigenvalue weighted by Crippen LogP contribution is -2.40. The minimum Gasteiger partial charge on any atom is -0.317 e. The Bertz CT molecular complexity index is 621. The van der Waals surface area contributed by atoms with Crippen molar-refractivity contribution in [3.8, 4) is 0 Å². The Balaban J connectivity index is 1.72. The van der Waals surface area contributed by atoms with Crippen LogP contribution in [-0.2, 0) is 12.8 Å². The fourth-order valence-electron chi connectivity index (χ4n) is 2.40. The van der Waals surface area contributed by atoms with Gasteiger partial charge in [-0.25, -0.2) is 4.79 Å². The van der Waals surface area contributed by atoms with Crippen molar-refractivity contribution in [1.29, 1.82) is 0 Å². The van der Waals surface area contributed by atoms with Crippen LogP contribution in [0.5, 0.6) is 0 Å². The van der Waals surface area contributed by atoms with Gasteiger partial charge in [0.1, 0.15) is 5.01 Å². The molecule has 2 aromatic heterocycles. The molecule has 0 saturated carbocycles. The summed E-state index contributed by atoms with van der Waals surface area (Å²) in [5, 5.41) is 14.5. The highest BCUT2D eigenvalue weighted by molar-refractivity contribution is 7.15. The number of hydrogen-bond acceptors (Lipinski definition) is 5. The van der Waals surface area contributed by atoms with Crippen LogP contribution >= 0.6 is 22.7 Å². The van der Waals surface area contributed by atoms with E-state index in [0.29, 0.717) is 5.13 Å². The highest BCUT2D eigenvalue weighted by Crippen LogP contribution is 2.33. The van der Waals surface area contributed by atoms with Crippen molar-refractivity contribution < 1.29 is 4.79 Å². The van der Waals surface area contributed by atoms with E-state index in [1.807, 2.05) is 11.8 Å². The third kappa shape index (κ3) is 2.43. The number of amides is 2. The Hall–Kier alpha value is -1.47. The van der Waals surface area contributed by atoms with E-state index in [9.17, 15) is 4.79 Å². The van der Waals surface area contributed by atoms with Crippen LogP contribution < -0.4 is 5.32 Å². The molecule has 0 aromatic carbocycles. The number of rotatable bonds is 2. The Morgan fingerprint density at radius 2 is 2.40 bits per heavy atom. The predicted molar refractivity (Wildman–Crippen MR) is 81.4 cm³/mol. The van der Waals surface area contributed by atoms with Crippen LogP contribution in [0.3, 0.4) is 0 Å². The molecule has 1 atom stereocenters. The molecular formula is C13H16N4OS2. The summed E-state index contributed by atoms with van der Waals surface area (Å²) in [6.07, 6.45) is 1.77. The minimum atomic E-state index is -0.0897. The van der Waals surface area contributed by atoms with E-state index >= 15 is 0 Å². The molecule has 2 amide bonds. The topological polar surface area (TPSA) is 58.1 Å². The quantitative estimate of drug-likeness (QED) is 0.926. The summed E-state index contributed by atoms with van der Waals surface area (Å²) in [6.45, 7) is 4.85. The zero-order valence-corrected chi connectivity index (χ0v) is 13.1. The standard InChI is InChI=1S/C13H16N4OS2/c1-3-11-15-16-12(20-11)14-13(18)17-6-4-10-9(8(17)2)5-7-19-10/h5,7-8H,3-4,6H2,1-2H3,(H,14,16,18). The Kier molecular flexibility index (Phi) is 3.71. The Morgan fingerprint density at radius 1 is 1.55 bits per heavy atom. The number of anilines is 1. The number of thiophene rings is 1. The Morgan fingerprint density at radius 3 is 3.15 bits per heavy atom. The Labute approximate surface area is 125 Å². The molecule has 0 spiro atoms. The first-order chi connectivity index (χ1) is 9.69. The van der Waals surface area contributed by atoms with Gasteiger partial charge in [0.2, 0.25) is 5.13 Å². The predicted octanol–water partition coefficient (Wildman–Crippen LogP) is 3.31. The van der Waals surface area contributed by atoms with E-state index in [4.69, 9.17) is 0 Å². The van der Waals surface area contributed by atoms with Gasteiger partial charge in [0, 0.05) is 11.4 Å². The van der Waals surface area contributed by atoms with E-state index in [2.05, 4.69) is 33.9 Å². The summed E-state index contributed by atoms with van der Waals surface area (Å²) in [5.74, 6) is 0. The van der Waals surface area contributed by atoms with Gasteiger partial charge < -0.3 is 4.90 Å². The molecule has 3 heterocycles. The van der Waals surface area contributed by atoms with Crippen LogP contribution in [-0.4, -0.2) is 27.7 Å². The molecule has 0 fully saturated rings. The van der Waals surface area contributed by atoms with Gasteiger partial charge in [0.05, 0.1) is 6.04 Å². The molecule has 0 bridgehead atoms. The van der Waals surface area contributed by atoms with Crippen LogP contribution in [0.1, 0.15) is 35.3 Å². The van der Waals surface area contributed by atoms with Gasteiger partial charge in [0.15, 0.2) is 0 Å². The van der Waals surface area contributed by atoms with Gasteiger partial charge in [-0.2, -0.15) is 0 Å². The average molecular weight is 308 g/mol. The normalized spacial score (nSPS) is 17.9. The molecule has 1 aliphatic rings. The number of hydrogen-bond donors (Lipinski definition) is 1. The molecule has 0 aliphatic carbocycles. The number of aromatic nitrogens is 2. The van der Waals surface area contributed by atoms with Crippen molar-refractivity contribution in [2.75, 3.05) is 11.9 Å². The average Bonchev–Trinajstić information content (AvgIpc) is 3.07. The SMILES string of the molecule is CCc1nnc(NC(=O)N2CCc3sccc3C2C)s1. The van der Waals surface area contributed by atoms with Crippen LogP contribution in [0.15, 0.2) is 11.4 Å². The van der Waals surface area contributed by atoms with Gasteiger partial charge in [-0.3, -0.25) is 5.32 Å². The first kappa shape index (κ1) is 13.5. The van der Waals surface area contributed by atoms with Gasteiger partial charge in [-0.15, -0.1) is 21.5 Å². The number of nitrogens with zero attached hydrogens (tertiary/aromatic N) is 3. The smallest absolute Gasteiger partial charge is 0.317 e. The van der Waals surface area contributed by atoms with E-state index in [-0.39, 0.29) is 12.1 Å². The van der Waals surface area contributed by atoms with E-state index in [1.54, 1.807) is 11.3 Å². The molecular weight excluding hydrogens is 292 g/mol. The summed E-state index contributed by atoms with van der Waals surface area (Å²) < 4.78 is 0. The molecule has 1 aliphatic heterocycles. The van der Waals surface area contributed by atoms with Gasteiger partial charge in [0.25, 0.3) is 0 Å². The zero-order valence-electron chi connectivity index (χ0n) is 11.4. The molecule has 3 rings (SSSR count). The lowest BCUT2D eigenvalue weighted by Gasteiger charge is -2.33. The monoisotopic (exact) mass is 308 g/mol. The lowest BCUT2D eigenvalue weighted by molar-refractivity contribution is 0.189. The van der Waals surface area contributed by atoms with Crippen molar-refractivity contribution in [2.45, 2.75) is 32.7 Å². The largest absolute Gasteiger partial charge is 0.324 e. The molecule has 5 nitrogen and oxygen atoms in total. The highest BCUT2D eigenvalue weighted by atomic mass is 32.1. The van der Waals surface area contributed by atoms with Gasteiger partial charge >= 0.3 is 6.03 Å². The van der Waals surface area contributed by atoms with Crippen LogP contribution in [0, 0.1) is 0 Å². The third-order valence-corrected chi connectivity index (χ3v) is 5.50. The van der Waals surface area contributed by atoms with Crippen molar-refractivity contribution in [3.63, 3.8) is 0 Å². The van der Waals surface area contributed by atoms with Crippen LogP contribution in [0.25, 0.3) is 0 Å². The number of carbonyl (C=O) groups excluding carboxylic acids is 1. The maximum absolute atomic E-state index is 12.4. The zero-order chi connectivity index (χ0) is 14.1. The molecule has 0 saturated heterocycles. The highest BCUT2D eigenvalue weighted by Gasteiger charge is 2.28. The van der Waals surface area contributed by atoms with Gasteiger partial charge in [-0.1, -0.05) is 18.3 Å². The fraction of sp³-hybridized carbons (Fsp3) is 0.462. The van der Waals surface area contributed by atoms with E-state index in [1.165, 1.54) is 21.8 Å². The summed E-state index contributed by atoms with van der Waals surface area (Å²) in [7, 11) is 0. The molecule has 0 radical (unpaired) electrons. The van der Waals surface area contributed by atoms with Gasteiger partial charge in [-0.05, 0) is 36.8 Å². The molecule has 1 N–H and O–H groups in total. The first-order valence-electron chi connectivity index (χ1n) is 6.65. The number of nitrogens with one attached hydrogen (secondary N) is 1. The molecule has 20 heavy (non-hydrogen) atoms. The number of fused-ring (bicyclic) bond motifs is 1. The van der Waals surface area contributed by atoms with Crippen molar-refractivity contribution in [1.82, 2.24) is 15.1 Å². The van der Waals surface area contributed by atoms with Crippen molar-refractivity contribution >= 4 is 33.8 Å². The van der Waals surface area contributed by atoms with Crippen LogP contribution in [0.2, 0.25) is 0 Å². The second-order valence-corrected chi connectivity index (χ2v) is 6.77. The van der Waals surface area contributed by atoms with Crippen LogP contribution in [0.4, 0.5) is 9.93 Å². The summed E-state index contributed by atoms with van der Waals surface area (Å²) in [5.41, 5.74) is 1.27. The minimum absolute atomic E-state index is 0.0897. The number of urea groups is 1. The second-order valence-electron chi connectivity index (χ2n) is 4.70. The fourth-order valence-corrected chi connectivity index (χ4v) is 4.03. The van der Waals surface area contributed by atoms with Crippen molar-refractivity contribution in [2.24, 2.45) is 0 Å². The molecule has 2 aromatic rings. The van der Waals surface area contributed by atoms with E-state index in [0.717, 1.165) is 24.4 Å². The summed E-state index contributed by atoms with van der Waals surface area (Å²) in [4.78, 5) is 15.6. The summed E-state index contributed by atoms with van der Waals surface area (Å²) >= 11 is 3.21. The maximum Gasteiger partial charge on any atom is 0.324 e. The van der Waals surface area contributed by atoms with Crippen molar-refractivity contribution in [3.05, 3.63) is 26.9 Å². The molecule has 106 valence electrons. The number of aryl methyl sites for hydroxylation is 1. The summed E-state index contributed by atoms with van der Waals surface area (Å²) in [6, 6.07) is 2.14. The third-order valence-electron chi connectivity index (χ3n) is 3.52. The molecule has 7 heteroatoms. The molecule has 1 unspecified atom stereocenters. The lowest BCUT2D eigenvalue weighted by atomic mass is 10.0. The van der Waals surface area contributed by atoms with E-state index < -0.39 is 0 Å². The second kappa shape index (κ2) is 5.49.